The number of primary amides is 1. The molecule has 0 aliphatic rings. The third-order valence-electron chi connectivity index (χ3n) is 3.58. The van der Waals surface area contributed by atoms with Crippen LogP contribution in [0.5, 0.6) is 5.75 Å². The van der Waals surface area contributed by atoms with Gasteiger partial charge in [-0.25, -0.2) is 0 Å². The van der Waals surface area contributed by atoms with E-state index in [1.54, 1.807) is 0 Å². The summed E-state index contributed by atoms with van der Waals surface area (Å²) in [5, 5.41) is 7.28. The van der Waals surface area contributed by atoms with Crippen LogP contribution in [-0.2, 0) is 11.3 Å². The molecular formula is C19H20N4O3S. The molecule has 1 aromatic heterocycles. The van der Waals surface area contributed by atoms with Gasteiger partial charge in [-0.15, -0.1) is 11.8 Å². The molecule has 3 rings (SSSR count). The lowest BCUT2D eigenvalue weighted by atomic mass is 10.2. The summed E-state index contributed by atoms with van der Waals surface area (Å²) in [4.78, 5) is 16.3. The lowest BCUT2D eigenvalue weighted by Gasteiger charge is -2.09. The molecule has 0 radical (unpaired) electrons. The van der Waals surface area contributed by atoms with Crippen LogP contribution in [0.3, 0.4) is 0 Å². The third kappa shape index (κ3) is 5.24. The number of rotatable bonds is 9. The van der Waals surface area contributed by atoms with Crippen molar-refractivity contribution in [2.75, 3.05) is 17.7 Å². The molecule has 0 spiro atoms. The standard InChI is InChI=1S/C19H20N4O3S/c1-2-25-14-9-7-13(8-10-14)19-22-18(26-23-19)11-21-15-5-3-4-6-16(15)27-12-17(20)24/h3-10,21H,2,11-12H2,1H3,(H2,20,24). The number of hydrogen-bond donors (Lipinski definition) is 2. The first-order valence-electron chi connectivity index (χ1n) is 8.45. The molecule has 140 valence electrons. The van der Waals surface area contributed by atoms with Gasteiger partial charge in [0.05, 0.1) is 18.9 Å². The third-order valence-corrected chi connectivity index (χ3v) is 4.67. The van der Waals surface area contributed by atoms with Crippen molar-refractivity contribution in [2.24, 2.45) is 5.73 Å². The van der Waals surface area contributed by atoms with Crippen LogP contribution in [0, 0.1) is 0 Å². The molecule has 7 nitrogen and oxygen atoms in total. The Morgan fingerprint density at radius 1 is 1.22 bits per heavy atom. The normalized spacial score (nSPS) is 10.6. The molecule has 0 atom stereocenters. The second-order valence-corrected chi connectivity index (χ2v) is 6.59. The zero-order valence-electron chi connectivity index (χ0n) is 14.8. The van der Waals surface area contributed by atoms with E-state index in [1.165, 1.54) is 11.8 Å². The Labute approximate surface area is 161 Å². The van der Waals surface area contributed by atoms with Crippen LogP contribution < -0.4 is 15.8 Å². The summed E-state index contributed by atoms with van der Waals surface area (Å²) in [6.07, 6.45) is 0. The number of nitrogens with two attached hydrogens (primary N) is 1. The molecule has 1 heterocycles. The fourth-order valence-corrected chi connectivity index (χ4v) is 3.14. The van der Waals surface area contributed by atoms with Crippen molar-refractivity contribution in [3.05, 3.63) is 54.4 Å². The molecule has 0 bridgehead atoms. The average molecular weight is 384 g/mol. The fraction of sp³-hybridized carbons (Fsp3) is 0.211. The molecule has 3 aromatic rings. The monoisotopic (exact) mass is 384 g/mol. The Bertz CT molecular complexity index is 896. The van der Waals surface area contributed by atoms with Gasteiger partial charge in [0.15, 0.2) is 0 Å². The van der Waals surface area contributed by atoms with E-state index in [1.807, 2.05) is 55.5 Å². The summed E-state index contributed by atoms with van der Waals surface area (Å²) in [6.45, 7) is 2.94. The van der Waals surface area contributed by atoms with E-state index >= 15 is 0 Å². The summed E-state index contributed by atoms with van der Waals surface area (Å²) in [5.74, 6) is 1.66. The SMILES string of the molecule is CCOc1ccc(-c2noc(CNc3ccccc3SCC(N)=O)n2)cc1. The largest absolute Gasteiger partial charge is 0.494 e. The van der Waals surface area contributed by atoms with Crippen molar-refractivity contribution in [2.45, 2.75) is 18.4 Å². The maximum atomic E-state index is 11.0. The maximum Gasteiger partial charge on any atom is 0.246 e. The van der Waals surface area contributed by atoms with Gasteiger partial charge in [0.2, 0.25) is 17.6 Å². The van der Waals surface area contributed by atoms with Gasteiger partial charge >= 0.3 is 0 Å². The molecule has 0 aliphatic heterocycles. The highest BCUT2D eigenvalue weighted by atomic mass is 32.2. The Morgan fingerprint density at radius 2 is 2.00 bits per heavy atom. The first-order chi connectivity index (χ1) is 13.2. The zero-order chi connectivity index (χ0) is 19.1. The molecule has 0 unspecified atom stereocenters. The van der Waals surface area contributed by atoms with Crippen LogP contribution >= 0.6 is 11.8 Å². The van der Waals surface area contributed by atoms with E-state index in [2.05, 4.69) is 15.5 Å². The van der Waals surface area contributed by atoms with E-state index in [0.717, 1.165) is 21.9 Å². The van der Waals surface area contributed by atoms with Gasteiger partial charge in [0, 0.05) is 16.1 Å². The summed E-state index contributed by atoms with van der Waals surface area (Å²) in [5.41, 5.74) is 6.95. The number of amides is 1. The summed E-state index contributed by atoms with van der Waals surface area (Å²) in [7, 11) is 0. The number of anilines is 1. The van der Waals surface area contributed by atoms with Crippen LogP contribution in [0.25, 0.3) is 11.4 Å². The number of nitrogens with zero attached hydrogens (tertiary/aromatic N) is 2. The molecule has 0 aliphatic carbocycles. The fourth-order valence-electron chi connectivity index (χ4n) is 2.37. The highest BCUT2D eigenvalue weighted by Crippen LogP contribution is 2.27. The zero-order valence-corrected chi connectivity index (χ0v) is 15.7. The van der Waals surface area contributed by atoms with Gasteiger partial charge in [-0.3, -0.25) is 4.79 Å². The van der Waals surface area contributed by atoms with Crippen molar-refractivity contribution in [1.29, 1.82) is 0 Å². The predicted octanol–water partition coefficient (Wildman–Crippen LogP) is 3.32. The predicted molar refractivity (Wildman–Crippen MR) is 105 cm³/mol. The quantitative estimate of drug-likeness (QED) is 0.545. The number of nitrogens with one attached hydrogen (secondary N) is 1. The van der Waals surface area contributed by atoms with Gasteiger partial charge in [0.25, 0.3) is 0 Å². The lowest BCUT2D eigenvalue weighted by molar-refractivity contribution is -0.115. The number of carbonyl (C=O) groups excluding carboxylic acids is 1. The molecule has 0 fully saturated rings. The molecule has 2 aromatic carbocycles. The topological polar surface area (TPSA) is 103 Å². The van der Waals surface area contributed by atoms with E-state index < -0.39 is 0 Å². The first-order valence-corrected chi connectivity index (χ1v) is 9.44. The van der Waals surface area contributed by atoms with E-state index in [0.29, 0.717) is 24.9 Å². The first kappa shape index (κ1) is 18.8. The second kappa shape index (κ2) is 9.09. The molecule has 3 N–H and O–H groups in total. The number of carbonyl (C=O) groups is 1. The number of thioether (sulfide) groups is 1. The van der Waals surface area contributed by atoms with Crippen LogP contribution in [-0.4, -0.2) is 28.4 Å². The molecule has 1 amide bonds. The van der Waals surface area contributed by atoms with Crippen LogP contribution in [0.2, 0.25) is 0 Å². The summed E-state index contributed by atoms with van der Waals surface area (Å²) >= 11 is 1.38. The smallest absolute Gasteiger partial charge is 0.246 e. The van der Waals surface area contributed by atoms with Gasteiger partial charge in [-0.1, -0.05) is 17.3 Å². The van der Waals surface area contributed by atoms with Crippen molar-refractivity contribution in [3.8, 4) is 17.1 Å². The van der Waals surface area contributed by atoms with Gasteiger partial charge in [-0.05, 0) is 43.3 Å². The van der Waals surface area contributed by atoms with E-state index in [-0.39, 0.29) is 11.7 Å². The average Bonchev–Trinajstić information content (AvgIpc) is 3.15. The number of benzene rings is 2. The Kier molecular flexibility index (Phi) is 6.32. The van der Waals surface area contributed by atoms with E-state index in [9.17, 15) is 4.79 Å². The molecule has 0 saturated heterocycles. The van der Waals surface area contributed by atoms with E-state index in [4.69, 9.17) is 15.0 Å². The highest BCUT2D eigenvalue weighted by molar-refractivity contribution is 8.00. The van der Waals surface area contributed by atoms with Crippen molar-refractivity contribution in [1.82, 2.24) is 10.1 Å². The van der Waals surface area contributed by atoms with Gasteiger partial charge in [-0.2, -0.15) is 4.98 Å². The molecule has 0 saturated carbocycles. The Balaban J connectivity index is 1.64. The maximum absolute atomic E-state index is 11.0. The van der Waals surface area contributed by atoms with Crippen LogP contribution in [0.15, 0.2) is 57.9 Å². The lowest BCUT2D eigenvalue weighted by Crippen LogP contribution is -2.13. The Hall–Kier alpha value is -3.00. The van der Waals surface area contributed by atoms with Crippen LogP contribution in [0.1, 0.15) is 12.8 Å². The number of para-hydroxylation sites is 1. The van der Waals surface area contributed by atoms with Gasteiger partial charge in [0.1, 0.15) is 5.75 Å². The summed E-state index contributed by atoms with van der Waals surface area (Å²) < 4.78 is 10.8. The minimum Gasteiger partial charge on any atom is -0.494 e. The van der Waals surface area contributed by atoms with Crippen LogP contribution in [0.4, 0.5) is 5.69 Å². The Morgan fingerprint density at radius 3 is 2.74 bits per heavy atom. The number of aromatic nitrogens is 2. The summed E-state index contributed by atoms with van der Waals surface area (Å²) in [6, 6.07) is 15.2. The minimum atomic E-state index is -0.355. The van der Waals surface area contributed by atoms with Crippen molar-refractivity contribution >= 4 is 23.4 Å². The number of ether oxygens (including phenoxy) is 1. The highest BCUT2D eigenvalue weighted by Gasteiger charge is 2.10. The van der Waals surface area contributed by atoms with Crippen molar-refractivity contribution < 1.29 is 14.1 Å². The molecule has 8 heteroatoms. The second-order valence-electron chi connectivity index (χ2n) is 5.57. The number of hydrogen-bond acceptors (Lipinski definition) is 7. The molecular weight excluding hydrogens is 364 g/mol. The minimum absolute atomic E-state index is 0.223. The van der Waals surface area contributed by atoms with Gasteiger partial charge < -0.3 is 20.3 Å². The van der Waals surface area contributed by atoms with Crippen molar-refractivity contribution in [3.63, 3.8) is 0 Å². The molecule has 27 heavy (non-hydrogen) atoms.